The van der Waals surface area contributed by atoms with Crippen LogP contribution >= 0.6 is 0 Å². The molecule has 0 aromatic heterocycles. The van der Waals surface area contributed by atoms with Crippen molar-refractivity contribution in [1.82, 2.24) is 10.6 Å². The van der Waals surface area contributed by atoms with Crippen LogP contribution in [0, 0.1) is 0 Å². The summed E-state index contributed by atoms with van der Waals surface area (Å²) in [5.41, 5.74) is 0. The van der Waals surface area contributed by atoms with Crippen molar-refractivity contribution in [2.24, 2.45) is 0 Å². The summed E-state index contributed by atoms with van der Waals surface area (Å²) in [4.78, 5) is 67.8. The highest BCUT2D eigenvalue weighted by Gasteiger charge is 2.25. The number of carboxylic acids is 2. The highest BCUT2D eigenvalue weighted by molar-refractivity contribution is 5.82. The van der Waals surface area contributed by atoms with Crippen molar-refractivity contribution in [3.63, 3.8) is 0 Å². The van der Waals surface area contributed by atoms with E-state index in [1.54, 1.807) is 0 Å². The first kappa shape index (κ1) is 30.4. The second-order valence-electron chi connectivity index (χ2n) is 7.20. The Labute approximate surface area is 196 Å². The molecule has 0 aliphatic heterocycles. The molecule has 4 N–H and O–H groups in total. The van der Waals surface area contributed by atoms with Gasteiger partial charge in [0.05, 0.1) is 0 Å². The number of carbonyl (C=O) groups is 6. The second-order valence-corrected chi connectivity index (χ2v) is 7.20. The second kappa shape index (κ2) is 16.1. The van der Waals surface area contributed by atoms with Gasteiger partial charge in [-0.3, -0.25) is 0 Å². The zero-order chi connectivity index (χ0) is 26.3. The fraction of sp³-hybridized carbons (Fsp3) is 0.700. The molecular weight excluding hydrogens is 460 g/mol. The lowest BCUT2D eigenvalue weighted by Gasteiger charge is -2.15. The van der Waals surface area contributed by atoms with E-state index in [9.17, 15) is 28.8 Å². The van der Waals surface area contributed by atoms with Crippen molar-refractivity contribution >= 4 is 36.1 Å². The Morgan fingerprint density at radius 2 is 0.882 bits per heavy atom. The molecule has 194 valence electrons. The molecular formula is C20H32N2O12. The molecule has 0 aliphatic rings. The average Bonchev–Trinajstić information content (AvgIpc) is 2.74. The van der Waals surface area contributed by atoms with Gasteiger partial charge in [-0.25, -0.2) is 28.8 Å². The van der Waals surface area contributed by atoms with Crippen LogP contribution in [0.2, 0.25) is 0 Å². The van der Waals surface area contributed by atoms with Crippen molar-refractivity contribution in [2.75, 3.05) is 13.1 Å². The fourth-order valence-electron chi connectivity index (χ4n) is 2.13. The number of ether oxygens (including phenoxy) is 4. The van der Waals surface area contributed by atoms with Gasteiger partial charge in [0, 0.05) is 13.1 Å². The average molecular weight is 492 g/mol. The molecule has 0 saturated heterocycles. The summed E-state index contributed by atoms with van der Waals surface area (Å²) in [6.45, 7) is 5.41. The van der Waals surface area contributed by atoms with Crippen LogP contribution < -0.4 is 10.6 Å². The van der Waals surface area contributed by atoms with E-state index < -0.39 is 60.5 Å². The monoisotopic (exact) mass is 492 g/mol. The van der Waals surface area contributed by atoms with Gasteiger partial charge < -0.3 is 39.8 Å². The van der Waals surface area contributed by atoms with Crippen LogP contribution in [0.15, 0.2) is 0 Å². The molecule has 14 heteroatoms. The van der Waals surface area contributed by atoms with Gasteiger partial charge in [0.2, 0.25) is 0 Å². The number of esters is 2. The van der Waals surface area contributed by atoms with E-state index in [1.807, 2.05) is 0 Å². The van der Waals surface area contributed by atoms with Crippen LogP contribution in [0.25, 0.3) is 0 Å². The largest absolute Gasteiger partial charge is 0.479 e. The highest BCUT2D eigenvalue weighted by Crippen LogP contribution is 2.03. The lowest BCUT2D eigenvalue weighted by atomic mass is 10.2. The van der Waals surface area contributed by atoms with Crippen molar-refractivity contribution < 1.29 is 57.9 Å². The molecule has 0 fully saturated rings. The molecule has 0 aromatic rings. The van der Waals surface area contributed by atoms with E-state index in [2.05, 4.69) is 20.1 Å². The van der Waals surface area contributed by atoms with Gasteiger partial charge >= 0.3 is 36.1 Å². The molecule has 0 bridgehead atoms. The Morgan fingerprint density at radius 1 is 0.559 bits per heavy atom. The summed E-state index contributed by atoms with van der Waals surface area (Å²) in [5, 5.41) is 22.3. The Balaban J connectivity index is 3.86. The molecule has 4 atom stereocenters. The van der Waals surface area contributed by atoms with Gasteiger partial charge in [-0.2, -0.15) is 0 Å². The van der Waals surface area contributed by atoms with E-state index in [4.69, 9.17) is 19.7 Å². The number of alkyl carbamates (subject to hydrolysis) is 2. The van der Waals surface area contributed by atoms with Crippen LogP contribution in [-0.2, 0) is 38.1 Å². The van der Waals surface area contributed by atoms with E-state index in [0.717, 1.165) is 0 Å². The SMILES string of the molecule is CC(OC(=O)C(C)OC(=O)NCCCCCCNC(=O)OC(C)C(=O)OC(C)C(=O)O)C(=O)O. The van der Waals surface area contributed by atoms with Crippen LogP contribution in [-0.4, -0.2) is 83.8 Å². The van der Waals surface area contributed by atoms with E-state index in [-0.39, 0.29) is 13.1 Å². The number of amides is 2. The van der Waals surface area contributed by atoms with Crippen molar-refractivity contribution in [3.05, 3.63) is 0 Å². The molecule has 34 heavy (non-hydrogen) atoms. The number of unbranched alkanes of at least 4 members (excludes halogenated alkanes) is 3. The van der Waals surface area contributed by atoms with Crippen LogP contribution in [0.1, 0.15) is 53.4 Å². The predicted octanol–water partition coefficient (Wildman–Crippen LogP) is 0.809. The van der Waals surface area contributed by atoms with Crippen LogP contribution in [0.4, 0.5) is 9.59 Å². The Hall–Kier alpha value is -3.58. The summed E-state index contributed by atoms with van der Waals surface area (Å²) in [5.74, 6) is -4.59. The fourth-order valence-corrected chi connectivity index (χ4v) is 2.13. The summed E-state index contributed by atoms with van der Waals surface area (Å²) in [6.07, 6.45) is -4.32. The smallest absolute Gasteiger partial charge is 0.407 e. The molecule has 0 saturated carbocycles. The highest BCUT2D eigenvalue weighted by atomic mass is 16.6. The molecule has 0 aliphatic carbocycles. The zero-order valence-corrected chi connectivity index (χ0v) is 19.5. The minimum absolute atomic E-state index is 0.274. The van der Waals surface area contributed by atoms with Crippen molar-refractivity contribution in [2.45, 2.75) is 77.8 Å². The zero-order valence-electron chi connectivity index (χ0n) is 19.5. The molecule has 14 nitrogen and oxygen atoms in total. The summed E-state index contributed by atoms with van der Waals surface area (Å²) < 4.78 is 18.8. The van der Waals surface area contributed by atoms with Gasteiger partial charge in [0.15, 0.2) is 24.4 Å². The maximum atomic E-state index is 11.6. The van der Waals surface area contributed by atoms with Gasteiger partial charge in [0.25, 0.3) is 0 Å². The van der Waals surface area contributed by atoms with E-state index >= 15 is 0 Å². The Bertz CT molecular complexity index is 666. The Kier molecular flexibility index (Phi) is 14.4. The van der Waals surface area contributed by atoms with Gasteiger partial charge in [-0.15, -0.1) is 0 Å². The molecule has 0 heterocycles. The van der Waals surface area contributed by atoms with Gasteiger partial charge in [-0.05, 0) is 40.5 Å². The van der Waals surface area contributed by atoms with Crippen molar-refractivity contribution in [1.29, 1.82) is 0 Å². The number of carbonyl (C=O) groups excluding carboxylic acids is 4. The number of hydrogen-bond acceptors (Lipinski definition) is 10. The maximum Gasteiger partial charge on any atom is 0.407 e. The number of nitrogens with one attached hydrogen (secondary N) is 2. The third kappa shape index (κ3) is 13.8. The summed E-state index contributed by atoms with van der Waals surface area (Å²) in [6, 6.07) is 0. The molecule has 4 unspecified atom stereocenters. The molecule has 2 amide bonds. The summed E-state index contributed by atoms with van der Waals surface area (Å²) >= 11 is 0. The Morgan fingerprint density at radius 3 is 1.18 bits per heavy atom. The van der Waals surface area contributed by atoms with Crippen LogP contribution in [0.5, 0.6) is 0 Å². The third-order valence-corrected chi connectivity index (χ3v) is 4.16. The first-order chi connectivity index (χ1) is 15.8. The number of rotatable bonds is 15. The molecule has 0 aromatic carbocycles. The lowest BCUT2D eigenvalue weighted by molar-refractivity contribution is -0.168. The predicted molar refractivity (Wildman–Crippen MR) is 113 cm³/mol. The molecule has 0 spiro atoms. The number of aliphatic carboxylic acids is 2. The van der Waals surface area contributed by atoms with E-state index in [1.165, 1.54) is 27.7 Å². The quantitative estimate of drug-likeness (QED) is 0.142. The minimum Gasteiger partial charge on any atom is -0.479 e. The lowest BCUT2D eigenvalue weighted by Crippen LogP contribution is -2.35. The van der Waals surface area contributed by atoms with Gasteiger partial charge in [0.1, 0.15) is 0 Å². The normalized spacial score (nSPS) is 13.9. The van der Waals surface area contributed by atoms with Crippen molar-refractivity contribution in [3.8, 4) is 0 Å². The number of carboxylic acid groups (broad SMARTS) is 2. The first-order valence-corrected chi connectivity index (χ1v) is 10.6. The maximum absolute atomic E-state index is 11.6. The summed E-state index contributed by atoms with van der Waals surface area (Å²) in [7, 11) is 0. The van der Waals surface area contributed by atoms with E-state index in [0.29, 0.717) is 25.7 Å². The topological polar surface area (TPSA) is 204 Å². The first-order valence-electron chi connectivity index (χ1n) is 10.6. The number of hydrogen-bond donors (Lipinski definition) is 4. The van der Waals surface area contributed by atoms with Crippen LogP contribution in [0.3, 0.4) is 0 Å². The minimum atomic E-state index is -1.36. The molecule has 0 rings (SSSR count). The third-order valence-electron chi connectivity index (χ3n) is 4.16. The van der Waals surface area contributed by atoms with Gasteiger partial charge in [-0.1, -0.05) is 12.8 Å². The molecule has 0 radical (unpaired) electrons. The standard InChI is InChI=1S/C20H32N2O12/c1-11(15(23)24)31-17(27)13(3)33-19(29)21-9-7-5-6-8-10-22-20(30)34-14(4)18(28)32-12(2)16(25)26/h11-14H,5-10H2,1-4H3,(H,21,29)(H,22,30)(H,23,24)(H,25,26).